The summed E-state index contributed by atoms with van der Waals surface area (Å²) >= 11 is 0. The Morgan fingerprint density at radius 1 is 1.54 bits per heavy atom. The van der Waals surface area contributed by atoms with E-state index in [9.17, 15) is 4.79 Å². The average Bonchev–Trinajstić information content (AvgIpc) is 2.12. The molecule has 3 nitrogen and oxygen atoms in total. The molecule has 0 unspecified atom stereocenters. The molecule has 1 aliphatic carbocycles. The molecule has 2 N–H and O–H groups in total. The van der Waals surface area contributed by atoms with Crippen molar-refractivity contribution < 1.29 is 4.79 Å². The Labute approximate surface area is 78.6 Å². The highest BCUT2D eigenvalue weighted by Gasteiger charge is 2.21. The van der Waals surface area contributed by atoms with Gasteiger partial charge in [0.05, 0.1) is 0 Å². The molecule has 1 aliphatic heterocycles. The molecule has 0 aromatic heterocycles. The molecule has 2 rings (SSSR count). The van der Waals surface area contributed by atoms with Gasteiger partial charge in [-0.2, -0.15) is 0 Å². The molecule has 13 heavy (non-hydrogen) atoms. The van der Waals surface area contributed by atoms with Crippen LogP contribution in [0, 0.1) is 0 Å². The second-order valence-electron chi connectivity index (χ2n) is 3.80. The van der Waals surface area contributed by atoms with E-state index >= 15 is 0 Å². The molecule has 0 radical (unpaired) electrons. The highest BCUT2D eigenvalue weighted by atomic mass is 16.1. The first-order valence-corrected chi connectivity index (χ1v) is 5.07. The van der Waals surface area contributed by atoms with Crippen molar-refractivity contribution in [2.45, 2.75) is 31.7 Å². The summed E-state index contributed by atoms with van der Waals surface area (Å²) in [4.78, 5) is 11.6. The molecule has 3 heteroatoms. The van der Waals surface area contributed by atoms with Crippen LogP contribution in [0.15, 0.2) is 11.6 Å². The van der Waals surface area contributed by atoms with Gasteiger partial charge in [-0.05, 0) is 32.2 Å². The highest BCUT2D eigenvalue weighted by molar-refractivity contribution is 5.94. The van der Waals surface area contributed by atoms with Crippen molar-refractivity contribution in [3.05, 3.63) is 11.6 Å². The quantitative estimate of drug-likeness (QED) is 0.652. The molecule has 1 heterocycles. The first-order chi connectivity index (χ1) is 6.36. The zero-order valence-electron chi connectivity index (χ0n) is 7.81. The van der Waals surface area contributed by atoms with Gasteiger partial charge in [0, 0.05) is 18.2 Å². The van der Waals surface area contributed by atoms with E-state index in [0.29, 0.717) is 6.04 Å². The van der Waals surface area contributed by atoms with Crippen LogP contribution >= 0.6 is 0 Å². The molecule has 0 saturated heterocycles. The van der Waals surface area contributed by atoms with Gasteiger partial charge in [0.25, 0.3) is 0 Å². The van der Waals surface area contributed by atoms with Crippen LogP contribution in [0.25, 0.3) is 0 Å². The van der Waals surface area contributed by atoms with E-state index in [1.807, 2.05) is 6.08 Å². The van der Waals surface area contributed by atoms with Crippen LogP contribution in [-0.4, -0.2) is 25.0 Å². The first-order valence-electron chi connectivity index (χ1n) is 5.07. The molecule has 0 aromatic rings. The monoisotopic (exact) mass is 180 g/mol. The molecule has 0 atom stereocenters. The van der Waals surface area contributed by atoms with Gasteiger partial charge in [0.1, 0.15) is 0 Å². The van der Waals surface area contributed by atoms with Crippen molar-refractivity contribution in [2.75, 3.05) is 13.1 Å². The summed E-state index contributed by atoms with van der Waals surface area (Å²) < 4.78 is 0. The molecular formula is C10H16N2O. The third kappa shape index (κ3) is 2.10. The van der Waals surface area contributed by atoms with Crippen molar-refractivity contribution in [3.8, 4) is 0 Å². The highest BCUT2D eigenvalue weighted by Crippen LogP contribution is 2.18. The molecule has 0 spiro atoms. The zero-order valence-corrected chi connectivity index (χ0v) is 7.81. The van der Waals surface area contributed by atoms with Crippen LogP contribution in [0.1, 0.15) is 25.7 Å². The SMILES string of the molecule is O=C(NC1CCC1)C1=CCCNC1. The number of hydrogen-bond donors (Lipinski definition) is 2. The fourth-order valence-corrected chi connectivity index (χ4v) is 1.65. The lowest BCUT2D eigenvalue weighted by Crippen LogP contribution is -2.42. The van der Waals surface area contributed by atoms with Gasteiger partial charge in [-0.3, -0.25) is 4.79 Å². The Hall–Kier alpha value is -0.830. The topological polar surface area (TPSA) is 41.1 Å². The Kier molecular flexibility index (Phi) is 2.64. The molecule has 72 valence electrons. The van der Waals surface area contributed by atoms with Crippen molar-refractivity contribution in [3.63, 3.8) is 0 Å². The summed E-state index contributed by atoms with van der Waals surface area (Å²) in [6.07, 6.45) is 6.61. The van der Waals surface area contributed by atoms with Gasteiger partial charge in [0.15, 0.2) is 0 Å². The summed E-state index contributed by atoms with van der Waals surface area (Å²) in [5.41, 5.74) is 0.915. The van der Waals surface area contributed by atoms with Gasteiger partial charge in [-0.1, -0.05) is 6.08 Å². The minimum absolute atomic E-state index is 0.136. The maximum absolute atomic E-state index is 11.6. The third-order valence-corrected chi connectivity index (χ3v) is 2.76. The number of carbonyl (C=O) groups excluding carboxylic acids is 1. The zero-order chi connectivity index (χ0) is 9.10. The normalized spacial score (nSPS) is 23.2. The molecule has 1 amide bonds. The second kappa shape index (κ2) is 3.92. The van der Waals surface area contributed by atoms with Gasteiger partial charge in [-0.15, -0.1) is 0 Å². The van der Waals surface area contributed by atoms with Crippen LogP contribution in [0.5, 0.6) is 0 Å². The van der Waals surface area contributed by atoms with Crippen molar-refractivity contribution in [1.82, 2.24) is 10.6 Å². The third-order valence-electron chi connectivity index (χ3n) is 2.76. The lowest BCUT2D eigenvalue weighted by atomic mass is 9.93. The lowest BCUT2D eigenvalue weighted by Gasteiger charge is -2.27. The van der Waals surface area contributed by atoms with Gasteiger partial charge >= 0.3 is 0 Å². The van der Waals surface area contributed by atoms with Crippen LogP contribution in [-0.2, 0) is 4.79 Å². The molecule has 0 aromatic carbocycles. The van der Waals surface area contributed by atoms with Gasteiger partial charge < -0.3 is 10.6 Å². The van der Waals surface area contributed by atoms with Crippen LogP contribution in [0.2, 0.25) is 0 Å². The molecular weight excluding hydrogens is 164 g/mol. The average molecular weight is 180 g/mol. The van der Waals surface area contributed by atoms with E-state index in [4.69, 9.17) is 0 Å². The molecule has 0 bridgehead atoms. The molecule has 1 fully saturated rings. The fraction of sp³-hybridized carbons (Fsp3) is 0.700. The maximum Gasteiger partial charge on any atom is 0.248 e. The maximum atomic E-state index is 11.6. The Morgan fingerprint density at radius 2 is 2.38 bits per heavy atom. The number of nitrogens with one attached hydrogen (secondary N) is 2. The fourth-order valence-electron chi connectivity index (χ4n) is 1.65. The minimum atomic E-state index is 0.136. The summed E-state index contributed by atoms with van der Waals surface area (Å²) in [6.45, 7) is 1.73. The van der Waals surface area contributed by atoms with E-state index in [2.05, 4.69) is 10.6 Å². The number of amides is 1. The molecule has 1 saturated carbocycles. The van der Waals surface area contributed by atoms with Crippen LogP contribution in [0.4, 0.5) is 0 Å². The van der Waals surface area contributed by atoms with E-state index in [-0.39, 0.29) is 5.91 Å². The van der Waals surface area contributed by atoms with Crippen molar-refractivity contribution in [2.24, 2.45) is 0 Å². The first kappa shape index (κ1) is 8.75. The van der Waals surface area contributed by atoms with E-state index in [1.54, 1.807) is 0 Å². The minimum Gasteiger partial charge on any atom is -0.350 e. The van der Waals surface area contributed by atoms with Crippen molar-refractivity contribution in [1.29, 1.82) is 0 Å². The summed E-state index contributed by atoms with van der Waals surface area (Å²) in [7, 11) is 0. The predicted octanol–water partition coefficient (Wildman–Crippen LogP) is 0.575. The number of hydrogen-bond acceptors (Lipinski definition) is 2. The smallest absolute Gasteiger partial charge is 0.248 e. The lowest BCUT2D eigenvalue weighted by molar-refractivity contribution is -0.118. The Morgan fingerprint density at radius 3 is 2.92 bits per heavy atom. The van der Waals surface area contributed by atoms with E-state index in [1.165, 1.54) is 6.42 Å². The number of carbonyl (C=O) groups is 1. The summed E-state index contributed by atoms with van der Waals surface area (Å²) in [5, 5.41) is 6.23. The van der Waals surface area contributed by atoms with E-state index < -0.39 is 0 Å². The predicted molar refractivity (Wildman–Crippen MR) is 51.4 cm³/mol. The van der Waals surface area contributed by atoms with Gasteiger partial charge in [-0.25, -0.2) is 0 Å². The second-order valence-corrected chi connectivity index (χ2v) is 3.80. The molecule has 2 aliphatic rings. The largest absolute Gasteiger partial charge is 0.350 e. The van der Waals surface area contributed by atoms with Gasteiger partial charge in [0.2, 0.25) is 5.91 Å². The van der Waals surface area contributed by atoms with E-state index in [0.717, 1.165) is 37.9 Å². The Balaban J connectivity index is 1.84. The summed E-state index contributed by atoms with van der Waals surface area (Å²) in [5.74, 6) is 0.136. The van der Waals surface area contributed by atoms with Crippen LogP contribution < -0.4 is 10.6 Å². The van der Waals surface area contributed by atoms with Crippen LogP contribution in [0.3, 0.4) is 0 Å². The summed E-state index contributed by atoms with van der Waals surface area (Å²) in [6, 6.07) is 0.454. The number of rotatable bonds is 2. The Bertz CT molecular complexity index is 231. The standard InChI is InChI=1S/C10H16N2O/c13-10(12-9-4-1-5-9)8-3-2-6-11-7-8/h3,9,11H,1-2,4-7H2,(H,12,13). The van der Waals surface area contributed by atoms with Crippen molar-refractivity contribution >= 4 is 5.91 Å².